The van der Waals surface area contributed by atoms with E-state index in [0.717, 1.165) is 22.0 Å². The number of nitrogens with one attached hydrogen (secondary N) is 2. The Morgan fingerprint density at radius 3 is 2.95 bits per heavy atom. The lowest BCUT2D eigenvalue weighted by Crippen LogP contribution is -2.03. The molecule has 0 atom stereocenters. The predicted octanol–water partition coefficient (Wildman–Crippen LogP) is 2.48. The number of thiophene rings is 1. The zero-order valence-corrected chi connectivity index (χ0v) is 12.2. The summed E-state index contributed by atoms with van der Waals surface area (Å²) >= 11 is 1.61. The molecule has 8 heteroatoms. The summed E-state index contributed by atoms with van der Waals surface area (Å²) in [5, 5.41) is 12.3. The summed E-state index contributed by atoms with van der Waals surface area (Å²) in [6, 6.07) is 7.73. The van der Waals surface area contributed by atoms with Crippen molar-refractivity contribution < 1.29 is 0 Å². The van der Waals surface area contributed by atoms with Gasteiger partial charge in [-0.15, -0.1) is 11.3 Å². The molecule has 0 aliphatic heterocycles. The Balaban J connectivity index is 1.49. The first-order valence-corrected chi connectivity index (χ1v) is 7.53. The Labute approximate surface area is 129 Å². The third-order valence-electron chi connectivity index (χ3n) is 3.04. The molecule has 0 saturated heterocycles. The van der Waals surface area contributed by atoms with Crippen molar-refractivity contribution in [2.75, 3.05) is 5.32 Å². The van der Waals surface area contributed by atoms with Gasteiger partial charge < -0.3 is 5.32 Å². The van der Waals surface area contributed by atoms with Gasteiger partial charge in [0.25, 0.3) is 0 Å². The molecule has 0 saturated carbocycles. The average molecular weight is 309 g/mol. The summed E-state index contributed by atoms with van der Waals surface area (Å²) in [6.45, 7) is 0.511. The summed E-state index contributed by atoms with van der Waals surface area (Å²) in [5.74, 6) is 2.19. The van der Waals surface area contributed by atoms with Gasteiger partial charge in [0.05, 0.1) is 11.4 Å². The predicted molar refractivity (Wildman–Crippen MR) is 84.4 cm³/mol. The van der Waals surface area contributed by atoms with Crippen LogP contribution in [0, 0.1) is 0 Å². The summed E-state index contributed by atoms with van der Waals surface area (Å²) < 4.78 is 0. The van der Waals surface area contributed by atoms with E-state index in [1.54, 1.807) is 23.7 Å². The standard InChI is InChI=1S/C14H11N7S/c1-2-10(22-7-1)14-19-12(20-21-14)8-17-11-4-3-9-13(18-11)16-6-5-15-9/h1-7H,8H2,(H,16,17,18)(H,19,20,21). The van der Waals surface area contributed by atoms with Crippen LogP contribution in [-0.4, -0.2) is 30.1 Å². The van der Waals surface area contributed by atoms with Crippen LogP contribution >= 0.6 is 11.3 Å². The lowest BCUT2D eigenvalue weighted by atomic mass is 10.4. The fourth-order valence-corrected chi connectivity index (χ4v) is 2.68. The Kier molecular flexibility index (Phi) is 3.20. The number of aromatic nitrogens is 6. The number of anilines is 1. The van der Waals surface area contributed by atoms with Gasteiger partial charge >= 0.3 is 0 Å². The molecule has 0 bridgehead atoms. The van der Waals surface area contributed by atoms with Crippen LogP contribution in [0.15, 0.2) is 42.0 Å². The maximum absolute atomic E-state index is 4.46. The zero-order valence-electron chi connectivity index (χ0n) is 11.4. The molecule has 0 radical (unpaired) electrons. The molecule has 0 aliphatic rings. The van der Waals surface area contributed by atoms with Crippen LogP contribution in [0.4, 0.5) is 5.82 Å². The monoisotopic (exact) mass is 309 g/mol. The van der Waals surface area contributed by atoms with E-state index in [-0.39, 0.29) is 0 Å². The molecule has 0 unspecified atom stereocenters. The highest BCUT2D eigenvalue weighted by Crippen LogP contribution is 2.20. The Hall–Kier alpha value is -2.87. The summed E-state index contributed by atoms with van der Waals surface area (Å²) in [4.78, 5) is 18.3. The van der Waals surface area contributed by atoms with Gasteiger partial charge in [0.15, 0.2) is 11.5 Å². The van der Waals surface area contributed by atoms with Crippen molar-refractivity contribution in [3.8, 4) is 10.7 Å². The minimum absolute atomic E-state index is 0.511. The van der Waals surface area contributed by atoms with Crippen molar-refractivity contribution in [2.24, 2.45) is 0 Å². The van der Waals surface area contributed by atoms with Gasteiger partial charge in [-0.25, -0.2) is 15.0 Å². The largest absolute Gasteiger partial charge is 0.363 e. The van der Waals surface area contributed by atoms with Crippen LogP contribution in [-0.2, 0) is 6.54 Å². The number of hydrogen-bond donors (Lipinski definition) is 2. The van der Waals surface area contributed by atoms with E-state index >= 15 is 0 Å². The molecule has 4 heterocycles. The van der Waals surface area contributed by atoms with E-state index < -0.39 is 0 Å². The minimum atomic E-state index is 0.511. The Morgan fingerprint density at radius 2 is 2.05 bits per heavy atom. The molecule has 4 aromatic heterocycles. The fraction of sp³-hybridized carbons (Fsp3) is 0.0714. The van der Waals surface area contributed by atoms with Gasteiger partial charge in [0.2, 0.25) is 0 Å². The van der Waals surface area contributed by atoms with Crippen molar-refractivity contribution in [3.05, 3.63) is 47.9 Å². The Morgan fingerprint density at radius 1 is 1.09 bits per heavy atom. The van der Waals surface area contributed by atoms with Crippen LogP contribution in [0.25, 0.3) is 21.9 Å². The molecule has 4 rings (SSSR count). The third kappa shape index (κ3) is 2.51. The van der Waals surface area contributed by atoms with E-state index in [9.17, 15) is 0 Å². The molecule has 108 valence electrons. The van der Waals surface area contributed by atoms with Crippen LogP contribution in [0.1, 0.15) is 5.82 Å². The molecule has 0 fully saturated rings. The molecule has 0 aromatic carbocycles. The van der Waals surface area contributed by atoms with E-state index in [1.807, 2.05) is 29.6 Å². The number of H-pyrrole nitrogens is 1. The van der Waals surface area contributed by atoms with E-state index in [1.165, 1.54) is 0 Å². The first-order chi connectivity index (χ1) is 10.9. The Bertz CT molecular complexity index is 900. The first-order valence-electron chi connectivity index (χ1n) is 6.65. The van der Waals surface area contributed by atoms with Crippen LogP contribution in [0.5, 0.6) is 0 Å². The van der Waals surface area contributed by atoms with Gasteiger partial charge in [-0.05, 0) is 23.6 Å². The van der Waals surface area contributed by atoms with Crippen molar-refractivity contribution in [1.29, 1.82) is 0 Å². The number of nitrogens with zero attached hydrogens (tertiary/aromatic N) is 5. The maximum Gasteiger partial charge on any atom is 0.191 e. The van der Waals surface area contributed by atoms with Gasteiger partial charge in [0, 0.05) is 12.4 Å². The number of hydrogen-bond acceptors (Lipinski definition) is 7. The number of pyridine rings is 1. The van der Waals surface area contributed by atoms with Crippen molar-refractivity contribution in [2.45, 2.75) is 6.54 Å². The molecule has 7 nitrogen and oxygen atoms in total. The lowest BCUT2D eigenvalue weighted by molar-refractivity contribution is 0.948. The maximum atomic E-state index is 4.46. The molecular formula is C14H11N7S. The third-order valence-corrected chi connectivity index (χ3v) is 3.91. The molecule has 0 aliphatic carbocycles. The molecule has 0 spiro atoms. The van der Waals surface area contributed by atoms with E-state index in [4.69, 9.17) is 0 Å². The number of fused-ring (bicyclic) bond motifs is 1. The van der Waals surface area contributed by atoms with Crippen molar-refractivity contribution in [3.63, 3.8) is 0 Å². The van der Waals surface area contributed by atoms with E-state index in [2.05, 4.69) is 35.5 Å². The van der Waals surface area contributed by atoms with Gasteiger partial charge in [-0.3, -0.25) is 10.1 Å². The SMILES string of the molecule is c1csc(-c2n[nH]c(CNc3ccc4nccnc4n3)n2)c1. The topological polar surface area (TPSA) is 92.3 Å². The first kappa shape index (κ1) is 12.8. The molecular weight excluding hydrogens is 298 g/mol. The second-order valence-electron chi connectivity index (χ2n) is 4.53. The highest BCUT2D eigenvalue weighted by Gasteiger charge is 2.07. The van der Waals surface area contributed by atoms with Crippen molar-refractivity contribution >= 4 is 28.3 Å². The van der Waals surface area contributed by atoms with Gasteiger partial charge in [-0.2, -0.15) is 5.10 Å². The van der Waals surface area contributed by atoms with E-state index in [0.29, 0.717) is 18.0 Å². The second kappa shape index (κ2) is 5.49. The smallest absolute Gasteiger partial charge is 0.191 e. The molecule has 22 heavy (non-hydrogen) atoms. The quantitative estimate of drug-likeness (QED) is 0.601. The van der Waals surface area contributed by atoms with Gasteiger partial charge in [-0.1, -0.05) is 6.07 Å². The minimum Gasteiger partial charge on any atom is -0.363 e. The fourth-order valence-electron chi connectivity index (χ4n) is 2.02. The normalized spacial score (nSPS) is 10.9. The highest BCUT2D eigenvalue weighted by molar-refractivity contribution is 7.13. The summed E-state index contributed by atoms with van der Waals surface area (Å²) in [5.41, 5.74) is 1.39. The molecule has 4 aromatic rings. The van der Waals surface area contributed by atoms with Gasteiger partial charge in [0.1, 0.15) is 17.2 Å². The highest BCUT2D eigenvalue weighted by atomic mass is 32.1. The van der Waals surface area contributed by atoms with Crippen LogP contribution in [0.2, 0.25) is 0 Å². The second-order valence-corrected chi connectivity index (χ2v) is 5.48. The summed E-state index contributed by atoms with van der Waals surface area (Å²) in [7, 11) is 0. The molecule has 0 amide bonds. The zero-order chi connectivity index (χ0) is 14.8. The lowest BCUT2D eigenvalue weighted by Gasteiger charge is -2.03. The summed E-state index contributed by atoms with van der Waals surface area (Å²) in [6.07, 6.45) is 3.28. The number of rotatable bonds is 4. The van der Waals surface area contributed by atoms with Crippen molar-refractivity contribution in [1.82, 2.24) is 30.1 Å². The molecule has 2 N–H and O–H groups in total. The van der Waals surface area contributed by atoms with Crippen LogP contribution in [0.3, 0.4) is 0 Å². The number of aromatic amines is 1. The van der Waals surface area contributed by atoms with Crippen LogP contribution < -0.4 is 5.32 Å². The average Bonchev–Trinajstić information content (AvgIpc) is 3.24.